The number of carbonyl (C=O) groups excluding carboxylic acids is 1. The van der Waals surface area contributed by atoms with Gasteiger partial charge in [0.1, 0.15) is 17.3 Å². The summed E-state index contributed by atoms with van der Waals surface area (Å²) in [5.74, 6) is 1.32. The van der Waals surface area contributed by atoms with Gasteiger partial charge in [-0.05, 0) is 24.3 Å². The molecule has 1 amide bonds. The topological polar surface area (TPSA) is 77.7 Å². The molecule has 0 spiro atoms. The van der Waals surface area contributed by atoms with Crippen LogP contribution in [0.2, 0.25) is 0 Å². The van der Waals surface area contributed by atoms with Crippen molar-refractivity contribution in [1.82, 2.24) is 10.1 Å². The molecule has 144 valence electrons. The van der Waals surface area contributed by atoms with E-state index in [0.717, 1.165) is 0 Å². The third-order valence-electron chi connectivity index (χ3n) is 4.67. The summed E-state index contributed by atoms with van der Waals surface area (Å²) in [5, 5.41) is 3.96. The number of methoxy groups -OCH3 is 2. The minimum atomic E-state index is -0.335. The van der Waals surface area contributed by atoms with Crippen LogP contribution in [0.15, 0.2) is 47.0 Å². The molecular formula is C20H18FN3O4. The van der Waals surface area contributed by atoms with Crippen LogP contribution in [0.25, 0.3) is 11.4 Å². The highest BCUT2D eigenvalue weighted by molar-refractivity contribution is 5.96. The maximum absolute atomic E-state index is 13.1. The molecule has 8 heteroatoms. The summed E-state index contributed by atoms with van der Waals surface area (Å²) < 4.78 is 29.0. The highest BCUT2D eigenvalue weighted by atomic mass is 19.1. The molecule has 1 saturated heterocycles. The molecule has 1 atom stereocenters. The third kappa shape index (κ3) is 3.40. The van der Waals surface area contributed by atoms with Crippen molar-refractivity contribution in [3.05, 3.63) is 54.2 Å². The normalized spacial score (nSPS) is 16.5. The first kappa shape index (κ1) is 18.0. The Balaban J connectivity index is 1.56. The van der Waals surface area contributed by atoms with Gasteiger partial charge >= 0.3 is 0 Å². The SMILES string of the molecule is COc1cc(OC)cc(N2CC(c3nc(-c4ccc(F)cc4)no3)CC2=O)c1. The molecule has 1 aromatic heterocycles. The Bertz CT molecular complexity index is 981. The smallest absolute Gasteiger partial charge is 0.232 e. The van der Waals surface area contributed by atoms with E-state index in [4.69, 9.17) is 14.0 Å². The highest BCUT2D eigenvalue weighted by Crippen LogP contribution is 2.35. The highest BCUT2D eigenvalue weighted by Gasteiger charge is 2.35. The Morgan fingerprint density at radius 3 is 2.43 bits per heavy atom. The van der Waals surface area contributed by atoms with Gasteiger partial charge in [0.05, 0.1) is 25.8 Å². The van der Waals surface area contributed by atoms with Gasteiger partial charge in [-0.3, -0.25) is 4.79 Å². The molecule has 1 fully saturated rings. The Hall–Kier alpha value is -3.42. The molecule has 7 nitrogen and oxygen atoms in total. The molecule has 2 heterocycles. The van der Waals surface area contributed by atoms with Crippen molar-refractivity contribution >= 4 is 11.6 Å². The van der Waals surface area contributed by atoms with E-state index in [1.165, 1.54) is 12.1 Å². The van der Waals surface area contributed by atoms with Crippen LogP contribution in [0, 0.1) is 5.82 Å². The fourth-order valence-electron chi connectivity index (χ4n) is 3.19. The lowest BCUT2D eigenvalue weighted by atomic mass is 10.1. The first-order valence-corrected chi connectivity index (χ1v) is 8.70. The van der Waals surface area contributed by atoms with Gasteiger partial charge in [-0.15, -0.1) is 0 Å². The quantitative estimate of drug-likeness (QED) is 0.672. The summed E-state index contributed by atoms with van der Waals surface area (Å²) in [6.45, 7) is 0.403. The van der Waals surface area contributed by atoms with Crippen molar-refractivity contribution < 1.29 is 23.2 Å². The number of halogens is 1. The molecule has 3 aromatic rings. The molecule has 0 bridgehead atoms. The zero-order chi connectivity index (χ0) is 19.7. The number of anilines is 1. The second-order valence-electron chi connectivity index (χ2n) is 6.44. The average molecular weight is 383 g/mol. The summed E-state index contributed by atoms with van der Waals surface area (Å²) >= 11 is 0. The molecule has 0 aliphatic carbocycles. The first-order valence-electron chi connectivity index (χ1n) is 8.70. The fourth-order valence-corrected chi connectivity index (χ4v) is 3.19. The minimum absolute atomic E-state index is 0.0539. The van der Waals surface area contributed by atoms with Crippen molar-refractivity contribution in [2.45, 2.75) is 12.3 Å². The lowest BCUT2D eigenvalue weighted by molar-refractivity contribution is -0.117. The molecule has 2 aromatic carbocycles. The van der Waals surface area contributed by atoms with Crippen molar-refractivity contribution in [1.29, 1.82) is 0 Å². The van der Waals surface area contributed by atoms with E-state index in [1.807, 2.05) is 0 Å². The number of hydrogen-bond donors (Lipinski definition) is 0. The number of rotatable bonds is 5. The zero-order valence-corrected chi connectivity index (χ0v) is 15.4. The van der Waals surface area contributed by atoms with Gasteiger partial charge in [-0.1, -0.05) is 5.16 Å². The van der Waals surface area contributed by atoms with Gasteiger partial charge in [-0.2, -0.15) is 4.98 Å². The Kier molecular flexibility index (Phi) is 4.68. The molecule has 1 aliphatic rings. The summed E-state index contributed by atoms with van der Waals surface area (Å²) in [6.07, 6.45) is 0.255. The van der Waals surface area contributed by atoms with Gasteiger partial charge in [-0.25, -0.2) is 4.39 Å². The number of nitrogens with zero attached hydrogens (tertiary/aromatic N) is 3. The van der Waals surface area contributed by atoms with Gasteiger partial charge < -0.3 is 18.9 Å². The lowest BCUT2D eigenvalue weighted by Gasteiger charge is -2.18. The largest absolute Gasteiger partial charge is 0.497 e. The average Bonchev–Trinajstić information content (AvgIpc) is 3.35. The molecule has 1 unspecified atom stereocenters. The van der Waals surface area contributed by atoms with Crippen LogP contribution in [0.5, 0.6) is 11.5 Å². The van der Waals surface area contributed by atoms with Crippen LogP contribution in [-0.4, -0.2) is 36.8 Å². The van der Waals surface area contributed by atoms with E-state index in [1.54, 1.807) is 49.5 Å². The van der Waals surface area contributed by atoms with Crippen LogP contribution in [0.1, 0.15) is 18.2 Å². The van der Waals surface area contributed by atoms with E-state index >= 15 is 0 Å². The first-order chi connectivity index (χ1) is 13.6. The minimum Gasteiger partial charge on any atom is -0.497 e. The van der Waals surface area contributed by atoms with Gasteiger partial charge in [0.25, 0.3) is 0 Å². The number of hydrogen-bond acceptors (Lipinski definition) is 6. The second kappa shape index (κ2) is 7.30. The maximum Gasteiger partial charge on any atom is 0.232 e. The number of aromatic nitrogens is 2. The van der Waals surface area contributed by atoms with Crippen molar-refractivity contribution in [3.63, 3.8) is 0 Å². The van der Waals surface area contributed by atoms with Crippen LogP contribution in [0.3, 0.4) is 0 Å². The second-order valence-corrected chi connectivity index (χ2v) is 6.44. The van der Waals surface area contributed by atoms with Crippen molar-refractivity contribution in [2.24, 2.45) is 0 Å². The van der Waals surface area contributed by atoms with Gasteiger partial charge in [0, 0.05) is 36.7 Å². The molecular weight excluding hydrogens is 365 g/mol. The Morgan fingerprint density at radius 2 is 1.79 bits per heavy atom. The number of benzene rings is 2. The van der Waals surface area contributed by atoms with Crippen LogP contribution in [-0.2, 0) is 4.79 Å². The molecule has 0 saturated carbocycles. The van der Waals surface area contributed by atoms with Crippen molar-refractivity contribution in [2.75, 3.05) is 25.7 Å². The van der Waals surface area contributed by atoms with Crippen molar-refractivity contribution in [3.8, 4) is 22.9 Å². The maximum atomic E-state index is 13.1. The summed E-state index contributed by atoms with van der Waals surface area (Å²) in [6, 6.07) is 11.1. The van der Waals surface area contributed by atoms with E-state index in [-0.39, 0.29) is 24.1 Å². The van der Waals surface area contributed by atoms with Gasteiger partial charge in [0.15, 0.2) is 0 Å². The fraction of sp³-hybridized carbons (Fsp3) is 0.250. The van der Waals surface area contributed by atoms with E-state index in [0.29, 0.717) is 41.0 Å². The van der Waals surface area contributed by atoms with E-state index in [9.17, 15) is 9.18 Å². The summed E-state index contributed by atoms with van der Waals surface area (Å²) in [4.78, 5) is 18.6. The zero-order valence-electron chi connectivity index (χ0n) is 15.4. The number of amides is 1. The summed E-state index contributed by atoms with van der Waals surface area (Å²) in [7, 11) is 3.12. The predicted octanol–water partition coefficient (Wildman–Crippen LogP) is 3.41. The Labute approximate surface area is 160 Å². The molecule has 4 rings (SSSR count). The molecule has 1 aliphatic heterocycles. The number of ether oxygens (including phenoxy) is 2. The van der Waals surface area contributed by atoms with Crippen LogP contribution < -0.4 is 14.4 Å². The molecule has 0 N–H and O–H groups in total. The van der Waals surface area contributed by atoms with Crippen LogP contribution >= 0.6 is 0 Å². The third-order valence-corrected chi connectivity index (χ3v) is 4.67. The van der Waals surface area contributed by atoms with Crippen LogP contribution in [0.4, 0.5) is 10.1 Å². The monoisotopic (exact) mass is 383 g/mol. The standard InChI is InChI=1S/C20H18FN3O4/c1-26-16-8-15(9-17(10-16)27-2)24-11-13(7-18(24)25)20-22-19(23-28-20)12-3-5-14(21)6-4-12/h3-6,8-10,13H,7,11H2,1-2H3. The predicted molar refractivity (Wildman–Crippen MR) is 98.9 cm³/mol. The molecule has 28 heavy (non-hydrogen) atoms. The molecule has 0 radical (unpaired) electrons. The summed E-state index contributed by atoms with van der Waals surface area (Å²) in [5.41, 5.74) is 1.33. The number of carbonyl (C=O) groups is 1. The Morgan fingerprint density at radius 1 is 1.11 bits per heavy atom. The van der Waals surface area contributed by atoms with Gasteiger partial charge in [0.2, 0.25) is 17.6 Å². The lowest BCUT2D eigenvalue weighted by Crippen LogP contribution is -2.24. The van der Waals surface area contributed by atoms with E-state index < -0.39 is 0 Å². The van der Waals surface area contributed by atoms with E-state index in [2.05, 4.69) is 10.1 Å².